The number of carbonyl (C=O) groups is 1. The van der Waals surface area contributed by atoms with Gasteiger partial charge in [-0.05, 0) is 61.6 Å². The number of piperidine rings is 1. The molecule has 1 fully saturated rings. The van der Waals surface area contributed by atoms with E-state index in [4.69, 9.17) is 0 Å². The van der Waals surface area contributed by atoms with Crippen LogP contribution in [0.2, 0.25) is 0 Å². The van der Waals surface area contributed by atoms with Crippen molar-refractivity contribution >= 4 is 21.7 Å². The van der Waals surface area contributed by atoms with E-state index in [-0.39, 0.29) is 5.78 Å². The maximum atomic E-state index is 12.1. The summed E-state index contributed by atoms with van der Waals surface area (Å²) < 4.78 is 0.988. The molecule has 0 atom stereocenters. The van der Waals surface area contributed by atoms with Gasteiger partial charge in [0.05, 0.1) is 0 Å². The molecule has 21 heavy (non-hydrogen) atoms. The van der Waals surface area contributed by atoms with Crippen LogP contribution in [0.25, 0.3) is 0 Å². The van der Waals surface area contributed by atoms with Gasteiger partial charge in [-0.15, -0.1) is 0 Å². The smallest absolute Gasteiger partial charge is 0.185 e. The van der Waals surface area contributed by atoms with E-state index in [1.165, 1.54) is 24.8 Å². The Balaban J connectivity index is 2.01. The minimum absolute atomic E-state index is 0.0560. The minimum Gasteiger partial charge on any atom is -0.377 e. The van der Waals surface area contributed by atoms with E-state index in [1.54, 1.807) is 6.08 Å². The zero-order valence-corrected chi connectivity index (χ0v) is 14.1. The molecule has 0 amide bonds. The molecular formula is C18H22BrNO. The van der Waals surface area contributed by atoms with Gasteiger partial charge in [-0.25, -0.2) is 0 Å². The quantitative estimate of drug-likeness (QED) is 0.425. The number of carbonyl (C=O) groups excluding carboxylic acids is 1. The zero-order valence-electron chi connectivity index (χ0n) is 12.5. The first-order valence-electron chi connectivity index (χ1n) is 7.62. The Morgan fingerprint density at radius 1 is 1.14 bits per heavy atom. The van der Waals surface area contributed by atoms with Gasteiger partial charge in [0.1, 0.15) is 0 Å². The van der Waals surface area contributed by atoms with Crippen molar-refractivity contribution in [2.75, 3.05) is 13.1 Å². The summed E-state index contributed by atoms with van der Waals surface area (Å²) in [5.41, 5.74) is 1.94. The molecule has 1 aromatic rings. The lowest BCUT2D eigenvalue weighted by atomic mass is 10.1. The van der Waals surface area contributed by atoms with E-state index in [0.29, 0.717) is 0 Å². The second-order valence-electron chi connectivity index (χ2n) is 5.36. The largest absolute Gasteiger partial charge is 0.377 e. The number of hydrogen-bond acceptors (Lipinski definition) is 2. The molecule has 0 N–H and O–H groups in total. The third-order valence-corrected chi connectivity index (χ3v) is 4.25. The molecule has 0 spiro atoms. The summed E-state index contributed by atoms with van der Waals surface area (Å²) in [5, 5.41) is 0. The van der Waals surface area contributed by atoms with Gasteiger partial charge in [-0.3, -0.25) is 4.79 Å². The van der Waals surface area contributed by atoms with E-state index in [1.807, 2.05) is 30.3 Å². The molecule has 1 aliphatic heterocycles. The van der Waals surface area contributed by atoms with E-state index in [0.717, 1.165) is 29.5 Å². The van der Waals surface area contributed by atoms with Gasteiger partial charge in [0, 0.05) is 29.3 Å². The zero-order chi connectivity index (χ0) is 15.1. The van der Waals surface area contributed by atoms with Crippen molar-refractivity contribution in [2.24, 2.45) is 0 Å². The summed E-state index contributed by atoms with van der Waals surface area (Å²) in [5.74, 6) is 0.0560. The summed E-state index contributed by atoms with van der Waals surface area (Å²) in [6.07, 6.45) is 10.7. The number of ketones is 1. The monoisotopic (exact) mass is 347 g/mol. The maximum Gasteiger partial charge on any atom is 0.185 e. The molecule has 0 radical (unpaired) electrons. The van der Waals surface area contributed by atoms with E-state index < -0.39 is 0 Å². The Morgan fingerprint density at radius 3 is 2.43 bits per heavy atom. The maximum absolute atomic E-state index is 12.1. The summed E-state index contributed by atoms with van der Waals surface area (Å²) in [6.45, 7) is 4.40. The second-order valence-corrected chi connectivity index (χ2v) is 6.27. The highest BCUT2D eigenvalue weighted by molar-refractivity contribution is 9.10. The summed E-state index contributed by atoms with van der Waals surface area (Å²) in [6, 6.07) is 7.48. The topological polar surface area (TPSA) is 20.3 Å². The fourth-order valence-corrected chi connectivity index (χ4v) is 2.69. The third kappa shape index (κ3) is 5.16. The number of hydrogen-bond donors (Lipinski definition) is 0. The lowest BCUT2D eigenvalue weighted by Gasteiger charge is -2.25. The Bertz CT molecular complexity index is 525. The summed E-state index contributed by atoms with van der Waals surface area (Å²) in [7, 11) is 0. The van der Waals surface area contributed by atoms with E-state index >= 15 is 0 Å². The molecule has 1 aromatic carbocycles. The van der Waals surface area contributed by atoms with Crippen LogP contribution in [0.1, 0.15) is 43.0 Å². The standard InChI is InChI=1S/C18H22BrNO/c1-2-15(14-20-12-4-3-5-13-20)6-11-18(21)16-7-9-17(19)10-8-16/h6-11,14H,2-5,12-13H2,1H3/b11-6-,15-14-. The van der Waals surface area contributed by atoms with Crippen LogP contribution in [-0.2, 0) is 0 Å². The highest BCUT2D eigenvalue weighted by Gasteiger charge is 2.07. The summed E-state index contributed by atoms with van der Waals surface area (Å²) >= 11 is 3.38. The van der Waals surface area contributed by atoms with Gasteiger partial charge in [-0.1, -0.05) is 28.9 Å². The molecule has 0 bridgehead atoms. The van der Waals surface area contributed by atoms with Gasteiger partial charge < -0.3 is 4.90 Å². The van der Waals surface area contributed by atoms with Crippen LogP contribution in [0, 0.1) is 0 Å². The van der Waals surface area contributed by atoms with Crippen LogP contribution >= 0.6 is 15.9 Å². The Labute approximate surface area is 135 Å². The predicted molar refractivity (Wildman–Crippen MR) is 91.4 cm³/mol. The van der Waals surface area contributed by atoms with Crippen LogP contribution in [0.4, 0.5) is 0 Å². The molecule has 0 unspecified atom stereocenters. The Hall–Kier alpha value is -1.35. The van der Waals surface area contributed by atoms with Crippen LogP contribution in [-0.4, -0.2) is 23.8 Å². The minimum atomic E-state index is 0.0560. The van der Waals surface area contributed by atoms with E-state index in [9.17, 15) is 4.79 Å². The van der Waals surface area contributed by atoms with Crippen LogP contribution in [0.15, 0.2) is 52.7 Å². The van der Waals surface area contributed by atoms with Gasteiger partial charge in [-0.2, -0.15) is 0 Å². The number of likely N-dealkylation sites (tertiary alicyclic amines) is 1. The molecular weight excluding hydrogens is 326 g/mol. The average molecular weight is 348 g/mol. The molecule has 2 rings (SSSR count). The van der Waals surface area contributed by atoms with Crippen LogP contribution in [0.5, 0.6) is 0 Å². The molecule has 0 aromatic heterocycles. The Morgan fingerprint density at radius 2 is 1.81 bits per heavy atom. The molecule has 1 aliphatic rings. The van der Waals surface area contributed by atoms with Crippen LogP contribution in [0.3, 0.4) is 0 Å². The predicted octanol–water partition coefficient (Wildman–Crippen LogP) is 4.97. The third-order valence-electron chi connectivity index (χ3n) is 3.72. The van der Waals surface area contributed by atoms with Gasteiger partial charge in [0.15, 0.2) is 5.78 Å². The highest BCUT2D eigenvalue weighted by atomic mass is 79.9. The van der Waals surface area contributed by atoms with Gasteiger partial charge >= 0.3 is 0 Å². The van der Waals surface area contributed by atoms with Gasteiger partial charge in [0.2, 0.25) is 0 Å². The van der Waals surface area contributed by atoms with Crippen molar-refractivity contribution in [3.8, 4) is 0 Å². The number of rotatable bonds is 5. The molecule has 3 heteroatoms. The van der Waals surface area contributed by atoms with Crippen molar-refractivity contribution in [1.29, 1.82) is 0 Å². The van der Waals surface area contributed by atoms with Crippen molar-refractivity contribution < 1.29 is 4.79 Å². The first-order chi connectivity index (χ1) is 10.2. The lowest BCUT2D eigenvalue weighted by molar-refractivity contribution is 0.104. The number of halogens is 1. The Kier molecular flexibility index (Phi) is 6.24. The van der Waals surface area contributed by atoms with Gasteiger partial charge in [0.25, 0.3) is 0 Å². The number of nitrogens with zero attached hydrogens (tertiary/aromatic N) is 1. The fourth-order valence-electron chi connectivity index (χ4n) is 2.43. The molecule has 0 saturated carbocycles. The number of allylic oxidation sites excluding steroid dienone is 3. The number of benzene rings is 1. The first-order valence-corrected chi connectivity index (χ1v) is 8.41. The SMILES string of the molecule is CCC(/C=C\C(=O)c1ccc(Br)cc1)=C/N1CCCCC1. The molecule has 2 nitrogen and oxygen atoms in total. The van der Waals surface area contributed by atoms with Crippen molar-refractivity contribution in [1.82, 2.24) is 4.90 Å². The first kappa shape index (κ1) is 16.0. The molecule has 1 heterocycles. The van der Waals surface area contributed by atoms with E-state index in [2.05, 4.69) is 34.0 Å². The highest BCUT2D eigenvalue weighted by Crippen LogP contribution is 2.14. The molecule has 0 aliphatic carbocycles. The summed E-state index contributed by atoms with van der Waals surface area (Å²) in [4.78, 5) is 14.5. The molecule has 112 valence electrons. The van der Waals surface area contributed by atoms with Crippen LogP contribution < -0.4 is 0 Å². The second kappa shape index (κ2) is 8.18. The molecule has 1 saturated heterocycles. The average Bonchev–Trinajstić information content (AvgIpc) is 2.52. The van der Waals surface area contributed by atoms with Crippen molar-refractivity contribution in [3.05, 3.63) is 58.2 Å². The van der Waals surface area contributed by atoms with Crippen molar-refractivity contribution in [2.45, 2.75) is 32.6 Å². The fraction of sp³-hybridized carbons (Fsp3) is 0.389. The lowest BCUT2D eigenvalue weighted by Crippen LogP contribution is -2.24. The van der Waals surface area contributed by atoms with Crippen molar-refractivity contribution in [3.63, 3.8) is 0 Å². The normalized spacial score (nSPS) is 16.5.